The molecule has 1 aliphatic heterocycles. The Kier molecular flexibility index (Phi) is 7.25. The molecule has 19 heavy (non-hydrogen) atoms. The summed E-state index contributed by atoms with van der Waals surface area (Å²) in [6, 6.07) is 2.19. The van der Waals surface area contributed by atoms with Gasteiger partial charge < -0.3 is 4.90 Å². The minimum absolute atomic E-state index is 0.0933. The van der Waals surface area contributed by atoms with Crippen molar-refractivity contribution in [1.29, 1.82) is 5.26 Å². The maximum absolute atomic E-state index is 12.3. The van der Waals surface area contributed by atoms with Crippen LogP contribution in [-0.4, -0.2) is 59.4 Å². The van der Waals surface area contributed by atoms with Crippen LogP contribution in [0.4, 0.5) is 0 Å². The average Bonchev–Trinajstić information content (AvgIpc) is 2.44. The molecule has 108 valence electrons. The van der Waals surface area contributed by atoms with Crippen molar-refractivity contribution < 1.29 is 4.79 Å². The molecule has 0 bridgehead atoms. The van der Waals surface area contributed by atoms with Crippen LogP contribution in [0.1, 0.15) is 27.2 Å². The average molecular weight is 283 g/mol. The van der Waals surface area contributed by atoms with Crippen molar-refractivity contribution in [3.63, 3.8) is 0 Å². The number of hydrogen-bond acceptors (Lipinski definition) is 4. The van der Waals surface area contributed by atoms with Gasteiger partial charge in [-0.15, -0.1) is 0 Å². The van der Waals surface area contributed by atoms with Gasteiger partial charge in [0.2, 0.25) is 5.91 Å². The van der Waals surface area contributed by atoms with E-state index in [1.807, 2.05) is 25.6 Å². The summed E-state index contributed by atoms with van der Waals surface area (Å²) in [5.41, 5.74) is 0. The van der Waals surface area contributed by atoms with Crippen LogP contribution in [0.2, 0.25) is 0 Å². The van der Waals surface area contributed by atoms with Crippen molar-refractivity contribution in [3.05, 3.63) is 0 Å². The first-order chi connectivity index (χ1) is 9.10. The van der Waals surface area contributed by atoms with E-state index in [2.05, 4.69) is 17.9 Å². The van der Waals surface area contributed by atoms with Crippen LogP contribution in [0, 0.1) is 17.2 Å². The van der Waals surface area contributed by atoms with Crippen LogP contribution in [0.25, 0.3) is 0 Å². The van der Waals surface area contributed by atoms with Crippen LogP contribution in [0.3, 0.4) is 0 Å². The molecule has 1 heterocycles. The molecule has 1 amide bonds. The maximum Gasteiger partial charge on any atom is 0.236 e. The SMILES string of the molecule is CC[C@H]1CN(CC(=O)N(CC)C[C@H](C)C#N)CCS1. The zero-order valence-corrected chi connectivity index (χ0v) is 13.1. The third kappa shape index (κ3) is 5.42. The number of carbonyl (C=O) groups is 1. The Morgan fingerprint density at radius 2 is 2.32 bits per heavy atom. The Morgan fingerprint density at radius 3 is 2.89 bits per heavy atom. The summed E-state index contributed by atoms with van der Waals surface area (Å²) < 4.78 is 0. The van der Waals surface area contributed by atoms with E-state index in [-0.39, 0.29) is 11.8 Å². The summed E-state index contributed by atoms with van der Waals surface area (Å²) in [5, 5.41) is 9.51. The molecule has 2 atom stereocenters. The van der Waals surface area contributed by atoms with Crippen molar-refractivity contribution in [2.75, 3.05) is 38.5 Å². The van der Waals surface area contributed by atoms with E-state index in [4.69, 9.17) is 5.26 Å². The van der Waals surface area contributed by atoms with Crippen molar-refractivity contribution >= 4 is 17.7 Å². The molecule has 1 aliphatic rings. The summed E-state index contributed by atoms with van der Waals surface area (Å²) in [7, 11) is 0. The monoisotopic (exact) mass is 283 g/mol. The molecule has 0 saturated carbocycles. The van der Waals surface area contributed by atoms with Gasteiger partial charge in [-0.05, 0) is 20.3 Å². The molecule has 0 aromatic heterocycles. The number of amides is 1. The third-order valence-corrected chi connectivity index (χ3v) is 4.86. The van der Waals surface area contributed by atoms with Crippen LogP contribution in [0.5, 0.6) is 0 Å². The largest absolute Gasteiger partial charge is 0.341 e. The molecule has 4 nitrogen and oxygen atoms in total. The maximum atomic E-state index is 12.3. The number of nitriles is 1. The number of rotatable bonds is 6. The number of likely N-dealkylation sites (N-methyl/N-ethyl adjacent to an activating group) is 1. The van der Waals surface area contributed by atoms with Gasteiger partial charge in [-0.1, -0.05) is 6.92 Å². The molecule has 0 spiro atoms. The number of hydrogen-bond donors (Lipinski definition) is 0. The second kappa shape index (κ2) is 8.44. The number of carbonyl (C=O) groups excluding carboxylic acids is 1. The van der Waals surface area contributed by atoms with Crippen LogP contribution >= 0.6 is 11.8 Å². The first-order valence-electron chi connectivity index (χ1n) is 7.12. The highest BCUT2D eigenvalue weighted by Crippen LogP contribution is 2.20. The minimum Gasteiger partial charge on any atom is -0.341 e. The lowest BCUT2D eigenvalue weighted by Crippen LogP contribution is -2.46. The van der Waals surface area contributed by atoms with Crippen LogP contribution < -0.4 is 0 Å². The standard InChI is InChI=1S/C14H25N3OS/c1-4-13-10-16(6-7-19-13)11-14(18)17(5-2)9-12(3)8-15/h12-13H,4-7,9-11H2,1-3H3/t12-,13+/m1/s1. The molecule has 0 aliphatic carbocycles. The summed E-state index contributed by atoms with van der Waals surface area (Å²) in [5.74, 6) is 1.18. The molecule has 0 unspecified atom stereocenters. The first-order valence-corrected chi connectivity index (χ1v) is 8.16. The topological polar surface area (TPSA) is 47.3 Å². The van der Waals surface area contributed by atoms with Gasteiger partial charge in [0, 0.05) is 37.2 Å². The van der Waals surface area contributed by atoms with Crippen LogP contribution in [-0.2, 0) is 4.79 Å². The Morgan fingerprint density at radius 1 is 1.58 bits per heavy atom. The molecule has 0 aromatic carbocycles. The minimum atomic E-state index is -0.0933. The van der Waals surface area contributed by atoms with Gasteiger partial charge in [0.15, 0.2) is 0 Å². The Balaban J connectivity index is 2.45. The molecule has 0 N–H and O–H groups in total. The van der Waals surface area contributed by atoms with Gasteiger partial charge in [0.25, 0.3) is 0 Å². The van der Waals surface area contributed by atoms with Gasteiger partial charge in [-0.2, -0.15) is 17.0 Å². The van der Waals surface area contributed by atoms with Crippen molar-refractivity contribution in [2.45, 2.75) is 32.4 Å². The highest BCUT2D eigenvalue weighted by molar-refractivity contribution is 8.00. The molecule has 1 saturated heterocycles. The molecule has 0 radical (unpaired) electrons. The molecular formula is C14H25N3OS. The van der Waals surface area contributed by atoms with E-state index in [0.29, 0.717) is 24.9 Å². The second-order valence-corrected chi connectivity index (χ2v) is 6.51. The Labute approximate surface area is 121 Å². The highest BCUT2D eigenvalue weighted by atomic mass is 32.2. The fraction of sp³-hybridized carbons (Fsp3) is 0.857. The zero-order valence-electron chi connectivity index (χ0n) is 12.3. The van der Waals surface area contributed by atoms with Crippen LogP contribution in [0.15, 0.2) is 0 Å². The van der Waals surface area contributed by atoms with Gasteiger partial charge in [-0.25, -0.2) is 0 Å². The third-order valence-electron chi connectivity index (χ3n) is 3.49. The molecule has 1 fully saturated rings. The summed E-state index contributed by atoms with van der Waals surface area (Å²) in [6.45, 7) is 9.79. The molecular weight excluding hydrogens is 258 g/mol. The highest BCUT2D eigenvalue weighted by Gasteiger charge is 2.23. The van der Waals surface area contributed by atoms with Gasteiger partial charge >= 0.3 is 0 Å². The van der Waals surface area contributed by atoms with E-state index < -0.39 is 0 Å². The summed E-state index contributed by atoms with van der Waals surface area (Å²) in [6.07, 6.45) is 1.16. The number of nitrogens with zero attached hydrogens (tertiary/aromatic N) is 3. The van der Waals surface area contributed by atoms with E-state index in [9.17, 15) is 4.79 Å². The van der Waals surface area contributed by atoms with Crippen molar-refractivity contribution in [2.24, 2.45) is 5.92 Å². The molecule has 5 heteroatoms. The second-order valence-electron chi connectivity index (χ2n) is 5.10. The van der Waals surface area contributed by atoms with E-state index in [1.54, 1.807) is 4.90 Å². The molecule has 0 aromatic rings. The van der Waals surface area contributed by atoms with E-state index in [1.165, 1.54) is 0 Å². The van der Waals surface area contributed by atoms with E-state index in [0.717, 1.165) is 25.3 Å². The van der Waals surface area contributed by atoms with Crippen molar-refractivity contribution in [3.8, 4) is 6.07 Å². The lowest BCUT2D eigenvalue weighted by molar-refractivity contribution is -0.132. The predicted octanol–water partition coefficient (Wildman–Crippen LogP) is 1.82. The normalized spacial score (nSPS) is 21.7. The van der Waals surface area contributed by atoms with Gasteiger partial charge in [0.05, 0.1) is 18.5 Å². The quantitative estimate of drug-likeness (QED) is 0.746. The molecule has 1 rings (SSSR count). The van der Waals surface area contributed by atoms with Gasteiger partial charge in [-0.3, -0.25) is 9.69 Å². The Hall–Kier alpha value is -0.730. The number of thioether (sulfide) groups is 1. The first kappa shape index (κ1) is 16.3. The zero-order chi connectivity index (χ0) is 14.3. The smallest absolute Gasteiger partial charge is 0.236 e. The van der Waals surface area contributed by atoms with Gasteiger partial charge in [0.1, 0.15) is 0 Å². The fourth-order valence-electron chi connectivity index (χ4n) is 2.24. The van der Waals surface area contributed by atoms with Crippen molar-refractivity contribution in [1.82, 2.24) is 9.80 Å². The summed E-state index contributed by atoms with van der Waals surface area (Å²) >= 11 is 2.01. The lowest BCUT2D eigenvalue weighted by atomic mass is 10.2. The predicted molar refractivity (Wildman–Crippen MR) is 80.0 cm³/mol. The Bertz CT molecular complexity index is 329. The summed E-state index contributed by atoms with van der Waals surface area (Å²) in [4.78, 5) is 16.3. The van der Waals surface area contributed by atoms with E-state index >= 15 is 0 Å². The fourth-order valence-corrected chi connectivity index (χ4v) is 3.49. The lowest BCUT2D eigenvalue weighted by Gasteiger charge is -2.33.